The van der Waals surface area contributed by atoms with Crippen LogP contribution in [0, 0.1) is 12.8 Å². The Kier molecular flexibility index (Phi) is 5.90. The Morgan fingerprint density at radius 2 is 1.97 bits per heavy atom. The summed E-state index contributed by atoms with van der Waals surface area (Å²) in [6.07, 6.45) is 3.53. The van der Waals surface area contributed by atoms with Crippen LogP contribution in [-0.2, 0) is 11.8 Å². The quantitative estimate of drug-likeness (QED) is 0.841. The number of amides is 2. The average molecular weight is 411 g/mol. The van der Waals surface area contributed by atoms with Gasteiger partial charge in [-0.3, -0.25) is 14.3 Å². The van der Waals surface area contributed by atoms with Gasteiger partial charge in [-0.25, -0.2) is 0 Å². The van der Waals surface area contributed by atoms with Gasteiger partial charge in [0.1, 0.15) is 0 Å². The van der Waals surface area contributed by atoms with Gasteiger partial charge in [0, 0.05) is 44.5 Å². The minimum Gasteiger partial charge on any atom is -0.375 e. The van der Waals surface area contributed by atoms with Crippen molar-refractivity contribution >= 4 is 11.8 Å². The van der Waals surface area contributed by atoms with Crippen molar-refractivity contribution in [3.05, 3.63) is 53.3 Å². The lowest BCUT2D eigenvalue weighted by molar-refractivity contribution is -0.122. The molecule has 160 valence electrons. The van der Waals surface area contributed by atoms with Gasteiger partial charge in [0.2, 0.25) is 0 Å². The third-order valence-corrected chi connectivity index (χ3v) is 6.48. The molecule has 1 unspecified atom stereocenters. The van der Waals surface area contributed by atoms with Gasteiger partial charge in [-0.1, -0.05) is 18.2 Å². The zero-order valence-corrected chi connectivity index (χ0v) is 17.8. The Labute approximate surface area is 177 Å². The van der Waals surface area contributed by atoms with E-state index in [0.29, 0.717) is 43.4 Å². The number of likely N-dealkylation sites (tertiary alicyclic amines) is 1. The maximum absolute atomic E-state index is 12.8. The molecular weight excluding hydrogens is 380 g/mol. The van der Waals surface area contributed by atoms with E-state index in [4.69, 9.17) is 4.74 Å². The lowest BCUT2D eigenvalue weighted by Gasteiger charge is -2.46. The van der Waals surface area contributed by atoms with E-state index < -0.39 is 0 Å². The van der Waals surface area contributed by atoms with E-state index in [1.807, 2.05) is 55.3 Å². The van der Waals surface area contributed by atoms with Crippen LogP contribution < -0.4 is 5.32 Å². The first kappa shape index (κ1) is 20.6. The number of carbonyl (C=O) groups is 2. The van der Waals surface area contributed by atoms with Crippen LogP contribution in [0.4, 0.5) is 0 Å². The summed E-state index contributed by atoms with van der Waals surface area (Å²) in [7, 11) is 1.85. The fourth-order valence-electron chi connectivity index (χ4n) is 4.52. The molecule has 2 fully saturated rings. The molecule has 2 aromatic rings. The highest BCUT2D eigenvalue weighted by Gasteiger charge is 2.41. The first-order valence-corrected chi connectivity index (χ1v) is 10.7. The lowest BCUT2D eigenvalue weighted by atomic mass is 9.79. The number of aromatic nitrogens is 2. The number of hydrogen-bond acceptors (Lipinski definition) is 4. The van der Waals surface area contributed by atoms with Crippen LogP contribution in [0.1, 0.15) is 52.2 Å². The molecule has 0 radical (unpaired) electrons. The first-order valence-electron chi connectivity index (χ1n) is 10.7. The van der Waals surface area contributed by atoms with Crippen LogP contribution in [0.3, 0.4) is 0 Å². The molecule has 0 aliphatic carbocycles. The predicted octanol–water partition coefficient (Wildman–Crippen LogP) is 2.56. The molecule has 1 aromatic carbocycles. The molecule has 30 heavy (non-hydrogen) atoms. The average Bonchev–Trinajstić information content (AvgIpc) is 3.11. The molecule has 7 nitrogen and oxygen atoms in total. The summed E-state index contributed by atoms with van der Waals surface area (Å²) in [4.78, 5) is 27.0. The molecule has 1 N–H and O–H groups in total. The summed E-state index contributed by atoms with van der Waals surface area (Å²) in [5, 5.41) is 7.40. The van der Waals surface area contributed by atoms with Gasteiger partial charge in [0.05, 0.1) is 5.60 Å². The number of rotatable bonds is 4. The molecule has 3 heterocycles. The zero-order valence-electron chi connectivity index (χ0n) is 17.8. The number of aryl methyl sites for hydroxylation is 2. The van der Waals surface area contributed by atoms with E-state index >= 15 is 0 Å². The number of ether oxygens (including phenoxy) is 1. The first-order chi connectivity index (χ1) is 14.5. The van der Waals surface area contributed by atoms with E-state index in [2.05, 4.69) is 10.4 Å². The topological polar surface area (TPSA) is 76.5 Å². The van der Waals surface area contributed by atoms with E-state index in [9.17, 15) is 9.59 Å². The molecule has 1 atom stereocenters. The highest BCUT2D eigenvalue weighted by Crippen LogP contribution is 2.37. The molecule has 2 aliphatic rings. The van der Waals surface area contributed by atoms with Gasteiger partial charge in [-0.2, -0.15) is 5.10 Å². The highest BCUT2D eigenvalue weighted by molar-refractivity contribution is 5.94. The molecule has 1 aromatic heterocycles. The minimum atomic E-state index is -0.183. The highest BCUT2D eigenvalue weighted by atomic mass is 16.5. The summed E-state index contributed by atoms with van der Waals surface area (Å²) < 4.78 is 7.95. The monoisotopic (exact) mass is 410 g/mol. The van der Waals surface area contributed by atoms with Gasteiger partial charge in [-0.15, -0.1) is 0 Å². The summed E-state index contributed by atoms with van der Waals surface area (Å²) in [6, 6.07) is 11.2. The lowest BCUT2D eigenvalue weighted by Crippen LogP contribution is -2.51. The Morgan fingerprint density at radius 3 is 2.63 bits per heavy atom. The third kappa shape index (κ3) is 4.41. The van der Waals surface area contributed by atoms with Crippen molar-refractivity contribution in [1.29, 1.82) is 0 Å². The number of carbonyl (C=O) groups excluding carboxylic acids is 2. The fourth-order valence-corrected chi connectivity index (χ4v) is 4.52. The van der Waals surface area contributed by atoms with Crippen molar-refractivity contribution in [3.63, 3.8) is 0 Å². The Bertz CT molecular complexity index is 881. The molecule has 4 rings (SSSR count). The second kappa shape index (κ2) is 8.60. The summed E-state index contributed by atoms with van der Waals surface area (Å²) >= 11 is 0. The zero-order chi connectivity index (χ0) is 21.1. The van der Waals surface area contributed by atoms with Crippen LogP contribution in [0.5, 0.6) is 0 Å². The standard InChI is InChI=1S/C23H30N4O3/c1-17-14-20(25-26(17)2)22(29)27-11-9-23(10-12-27)15-18(8-13-30-23)16-24-21(28)19-6-4-3-5-7-19/h3-7,14,18H,8-13,15-16H2,1-2H3,(H,24,28). The number of nitrogens with zero attached hydrogens (tertiary/aromatic N) is 3. The Hall–Kier alpha value is -2.67. The fraction of sp³-hybridized carbons (Fsp3) is 0.522. The van der Waals surface area contributed by atoms with Gasteiger partial charge in [0.15, 0.2) is 5.69 Å². The van der Waals surface area contributed by atoms with E-state index in [0.717, 1.165) is 31.4 Å². The second-order valence-electron chi connectivity index (χ2n) is 8.55. The molecular formula is C23H30N4O3. The van der Waals surface area contributed by atoms with Gasteiger partial charge >= 0.3 is 0 Å². The van der Waals surface area contributed by atoms with Crippen molar-refractivity contribution in [1.82, 2.24) is 20.0 Å². The Morgan fingerprint density at radius 1 is 1.23 bits per heavy atom. The number of piperidine rings is 1. The molecule has 0 saturated carbocycles. The van der Waals surface area contributed by atoms with Crippen molar-refractivity contribution in [2.24, 2.45) is 13.0 Å². The number of nitrogens with one attached hydrogen (secondary N) is 1. The van der Waals surface area contributed by atoms with Gasteiger partial charge in [-0.05, 0) is 56.7 Å². The van der Waals surface area contributed by atoms with Crippen molar-refractivity contribution in [2.45, 2.75) is 38.2 Å². The SMILES string of the molecule is Cc1cc(C(=O)N2CCC3(CC2)CC(CNC(=O)c2ccccc2)CCO3)nn1C. The van der Waals surface area contributed by atoms with Crippen LogP contribution in [0.2, 0.25) is 0 Å². The summed E-state index contributed by atoms with van der Waals surface area (Å²) in [6.45, 7) is 4.67. The maximum Gasteiger partial charge on any atom is 0.274 e. The molecule has 7 heteroatoms. The van der Waals surface area contributed by atoms with Crippen LogP contribution in [0.15, 0.2) is 36.4 Å². The van der Waals surface area contributed by atoms with Crippen molar-refractivity contribution in [3.8, 4) is 0 Å². The molecule has 2 amide bonds. The van der Waals surface area contributed by atoms with Crippen LogP contribution >= 0.6 is 0 Å². The molecule has 2 aliphatic heterocycles. The molecule has 1 spiro atoms. The van der Waals surface area contributed by atoms with Gasteiger partial charge < -0.3 is 15.0 Å². The van der Waals surface area contributed by atoms with Crippen molar-refractivity contribution < 1.29 is 14.3 Å². The summed E-state index contributed by atoms with van der Waals surface area (Å²) in [5.41, 5.74) is 1.99. The molecule has 0 bridgehead atoms. The maximum atomic E-state index is 12.8. The summed E-state index contributed by atoms with van der Waals surface area (Å²) in [5.74, 6) is 0.366. The number of hydrogen-bond donors (Lipinski definition) is 1. The van der Waals surface area contributed by atoms with E-state index in [1.165, 1.54) is 0 Å². The second-order valence-corrected chi connectivity index (χ2v) is 8.55. The number of benzene rings is 1. The van der Waals surface area contributed by atoms with Crippen molar-refractivity contribution in [2.75, 3.05) is 26.2 Å². The van der Waals surface area contributed by atoms with E-state index in [1.54, 1.807) is 4.68 Å². The minimum absolute atomic E-state index is 0.00367. The normalized spacial score (nSPS) is 20.9. The molecule has 2 saturated heterocycles. The Balaban J connectivity index is 1.30. The van der Waals surface area contributed by atoms with E-state index in [-0.39, 0.29) is 17.4 Å². The van der Waals surface area contributed by atoms with Crippen LogP contribution in [-0.4, -0.2) is 58.3 Å². The predicted molar refractivity (Wildman–Crippen MR) is 113 cm³/mol. The largest absolute Gasteiger partial charge is 0.375 e. The smallest absolute Gasteiger partial charge is 0.274 e. The third-order valence-electron chi connectivity index (χ3n) is 6.48. The van der Waals surface area contributed by atoms with Crippen LogP contribution in [0.25, 0.3) is 0 Å². The van der Waals surface area contributed by atoms with Gasteiger partial charge in [0.25, 0.3) is 11.8 Å².